The average Bonchev–Trinajstić information content (AvgIpc) is 3.00. The van der Waals surface area contributed by atoms with Crippen molar-refractivity contribution >= 4 is 22.4 Å². The first-order valence-electron chi connectivity index (χ1n) is 8.59. The molecule has 1 aromatic heterocycles. The average molecular weight is 397 g/mol. The van der Waals surface area contributed by atoms with Crippen LogP contribution in [0.25, 0.3) is 0 Å². The summed E-state index contributed by atoms with van der Waals surface area (Å²) in [5, 5.41) is 4.96. The fraction of sp³-hybridized carbons (Fsp3) is 0.444. The highest BCUT2D eigenvalue weighted by Crippen LogP contribution is 2.20. The molecule has 1 aliphatic rings. The molecule has 1 amide bonds. The Morgan fingerprint density at radius 2 is 2.11 bits per heavy atom. The Hall–Kier alpha value is -2.10. The van der Waals surface area contributed by atoms with Crippen molar-refractivity contribution in [3.63, 3.8) is 0 Å². The van der Waals surface area contributed by atoms with Crippen LogP contribution >= 0.6 is 11.3 Å². The van der Waals surface area contributed by atoms with Crippen LogP contribution in [0.4, 0.5) is 13.9 Å². The summed E-state index contributed by atoms with van der Waals surface area (Å²) in [6, 6.07) is 2.91. The highest BCUT2D eigenvalue weighted by Gasteiger charge is 2.22. The maximum absolute atomic E-state index is 13.5. The molecule has 1 N–H and O–H groups in total. The van der Waals surface area contributed by atoms with Gasteiger partial charge in [0.05, 0.1) is 17.9 Å². The van der Waals surface area contributed by atoms with Gasteiger partial charge in [-0.25, -0.2) is 13.8 Å². The van der Waals surface area contributed by atoms with E-state index in [0.717, 1.165) is 30.9 Å². The molecule has 0 aliphatic carbocycles. The summed E-state index contributed by atoms with van der Waals surface area (Å²) in [6.07, 6.45) is 0.353. The van der Waals surface area contributed by atoms with Crippen LogP contribution in [-0.4, -0.2) is 47.7 Å². The first-order valence-corrected chi connectivity index (χ1v) is 9.47. The third-order valence-corrected chi connectivity index (χ3v) is 4.74. The Morgan fingerprint density at radius 3 is 2.81 bits per heavy atom. The summed E-state index contributed by atoms with van der Waals surface area (Å²) < 4.78 is 37.1. The zero-order chi connectivity index (χ0) is 19.4. The first-order chi connectivity index (χ1) is 12.9. The molecular formula is C18H21F2N3O3S. The number of rotatable bonds is 6. The van der Waals surface area contributed by atoms with Gasteiger partial charge in [-0.1, -0.05) is 0 Å². The normalized spacial score (nSPS) is 20.4. The van der Waals surface area contributed by atoms with Crippen molar-refractivity contribution in [1.82, 2.24) is 9.88 Å². The van der Waals surface area contributed by atoms with E-state index >= 15 is 0 Å². The summed E-state index contributed by atoms with van der Waals surface area (Å²) in [5.74, 6) is -2.20. The Bertz CT molecular complexity index is 792. The summed E-state index contributed by atoms with van der Waals surface area (Å²) in [6.45, 7) is 6.04. The number of aromatic nitrogens is 1. The van der Waals surface area contributed by atoms with Crippen LogP contribution in [0.1, 0.15) is 19.5 Å². The molecule has 1 aromatic carbocycles. The lowest BCUT2D eigenvalue weighted by Crippen LogP contribution is -2.44. The number of carbonyl (C=O) groups excluding carboxylic acids is 1. The van der Waals surface area contributed by atoms with Crippen molar-refractivity contribution in [1.29, 1.82) is 0 Å². The maximum Gasteiger partial charge on any atom is 0.264 e. The van der Waals surface area contributed by atoms with Crippen molar-refractivity contribution < 1.29 is 23.0 Å². The highest BCUT2D eigenvalue weighted by molar-refractivity contribution is 7.13. The summed E-state index contributed by atoms with van der Waals surface area (Å²) in [4.78, 5) is 18.6. The first kappa shape index (κ1) is 19.7. The van der Waals surface area contributed by atoms with E-state index in [1.165, 1.54) is 11.3 Å². The van der Waals surface area contributed by atoms with Crippen LogP contribution in [-0.2, 0) is 16.1 Å². The van der Waals surface area contributed by atoms with E-state index in [9.17, 15) is 13.6 Å². The Labute approximate surface area is 160 Å². The van der Waals surface area contributed by atoms with Gasteiger partial charge in [0.15, 0.2) is 23.3 Å². The lowest BCUT2D eigenvalue weighted by Gasteiger charge is -2.34. The number of morpholine rings is 1. The van der Waals surface area contributed by atoms with Crippen molar-refractivity contribution in [3.8, 4) is 5.75 Å². The van der Waals surface area contributed by atoms with Crippen LogP contribution in [0, 0.1) is 11.6 Å². The van der Waals surface area contributed by atoms with Crippen LogP contribution < -0.4 is 10.1 Å². The number of anilines is 1. The van der Waals surface area contributed by atoms with Gasteiger partial charge in [0.1, 0.15) is 5.82 Å². The second-order valence-electron chi connectivity index (χ2n) is 6.51. The molecule has 9 heteroatoms. The number of nitrogens with one attached hydrogen (secondary N) is 1. The molecule has 2 unspecified atom stereocenters. The number of hydrogen-bond donors (Lipinski definition) is 1. The minimum atomic E-state index is -0.853. The monoisotopic (exact) mass is 397 g/mol. The van der Waals surface area contributed by atoms with Crippen LogP contribution in [0.15, 0.2) is 23.6 Å². The molecule has 1 fully saturated rings. The standard InChI is InChI=1S/C18H21F2N3O3S/c1-11-6-23(7-12(2)26-11)8-14-10-27-18(21-14)22-17(24)9-25-16-4-3-13(19)5-15(16)20/h3-5,10-12H,6-9H2,1-2H3,(H,21,22,24). The number of amides is 1. The Morgan fingerprint density at radius 1 is 1.37 bits per heavy atom. The number of ether oxygens (including phenoxy) is 2. The van der Waals surface area contributed by atoms with Gasteiger partial charge in [0, 0.05) is 31.1 Å². The fourth-order valence-corrected chi connectivity index (χ4v) is 3.69. The Kier molecular flexibility index (Phi) is 6.35. The molecule has 1 saturated heterocycles. The molecule has 0 spiro atoms. The predicted molar refractivity (Wildman–Crippen MR) is 97.9 cm³/mol. The molecule has 6 nitrogen and oxygen atoms in total. The third kappa shape index (κ3) is 5.69. The molecule has 146 valence electrons. The molecule has 2 heterocycles. The number of hydrogen-bond acceptors (Lipinski definition) is 6. The van der Waals surface area contributed by atoms with Crippen LogP contribution in [0.5, 0.6) is 5.75 Å². The number of nitrogens with zero attached hydrogens (tertiary/aromatic N) is 2. The summed E-state index contributed by atoms with van der Waals surface area (Å²) in [5.41, 5.74) is 0.863. The van der Waals surface area contributed by atoms with E-state index in [4.69, 9.17) is 9.47 Å². The van der Waals surface area contributed by atoms with Gasteiger partial charge in [-0.15, -0.1) is 11.3 Å². The molecule has 27 heavy (non-hydrogen) atoms. The minimum Gasteiger partial charge on any atom is -0.481 e. The van der Waals surface area contributed by atoms with E-state index in [2.05, 4.69) is 15.2 Å². The van der Waals surface area contributed by atoms with Crippen molar-refractivity contribution in [2.75, 3.05) is 25.0 Å². The van der Waals surface area contributed by atoms with Crippen molar-refractivity contribution in [3.05, 3.63) is 40.9 Å². The predicted octanol–water partition coefficient (Wildman–Crippen LogP) is 3.05. The smallest absolute Gasteiger partial charge is 0.264 e. The molecule has 0 bridgehead atoms. The minimum absolute atomic E-state index is 0.176. The summed E-state index contributed by atoms with van der Waals surface area (Å²) >= 11 is 1.31. The number of benzene rings is 1. The third-order valence-electron chi connectivity index (χ3n) is 3.93. The maximum atomic E-state index is 13.5. The van der Waals surface area contributed by atoms with Gasteiger partial charge in [-0.05, 0) is 26.0 Å². The van der Waals surface area contributed by atoms with E-state index in [1.807, 2.05) is 19.2 Å². The SMILES string of the molecule is CC1CN(Cc2csc(NC(=O)COc3ccc(F)cc3F)n2)CC(C)O1. The van der Waals surface area contributed by atoms with Gasteiger partial charge in [-0.2, -0.15) is 0 Å². The molecule has 0 radical (unpaired) electrons. The number of carbonyl (C=O) groups is 1. The van der Waals surface area contributed by atoms with Gasteiger partial charge in [-0.3, -0.25) is 15.0 Å². The summed E-state index contributed by atoms with van der Waals surface area (Å²) in [7, 11) is 0. The quantitative estimate of drug-likeness (QED) is 0.812. The highest BCUT2D eigenvalue weighted by atomic mass is 32.1. The molecule has 0 saturated carbocycles. The van der Waals surface area contributed by atoms with Gasteiger partial charge < -0.3 is 9.47 Å². The molecule has 3 rings (SSSR count). The lowest BCUT2D eigenvalue weighted by atomic mass is 10.2. The van der Waals surface area contributed by atoms with Gasteiger partial charge in [0.2, 0.25) is 0 Å². The van der Waals surface area contributed by atoms with Gasteiger partial charge in [0.25, 0.3) is 5.91 Å². The van der Waals surface area contributed by atoms with Gasteiger partial charge >= 0.3 is 0 Å². The number of halogens is 2. The topological polar surface area (TPSA) is 63.7 Å². The van der Waals surface area contributed by atoms with Crippen molar-refractivity contribution in [2.45, 2.75) is 32.6 Å². The lowest BCUT2D eigenvalue weighted by molar-refractivity contribution is -0.118. The Balaban J connectivity index is 1.49. The van der Waals surface area contributed by atoms with Crippen molar-refractivity contribution in [2.24, 2.45) is 0 Å². The van der Waals surface area contributed by atoms with Crippen LogP contribution in [0.2, 0.25) is 0 Å². The van der Waals surface area contributed by atoms with E-state index < -0.39 is 24.1 Å². The second kappa shape index (κ2) is 8.73. The number of thiazole rings is 1. The van der Waals surface area contributed by atoms with E-state index in [1.54, 1.807) is 0 Å². The molecule has 2 aromatic rings. The molecule has 1 aliphatic heterocycles. The zero-order valence-corrected chi connectivity index (χ0v) is 15.9. The van der Waals surface area contributed by atoms with E-state index in [-0.39, 0.29) is 18.0 Å². The largest absolute Gasteiger partial charge is 0.481 e. The van der Waals surface area contributed by atoms with Crippen LogP contribution in [0.3, 0.4) is 0 Å². The van der Waals surface area contributed by atoms with E-state index in [0.29, 0.717) is 17.7 Å². The second-order valence-corrected chi connectivity index (χ2v) is 7.37. The molecular weight excluding hydrogens is 376 g/mol. The molecule has 2 atom stereocenters. The fourth-order valence-electron chi connectivity index (χ4n) is 2.97. The zero-order valence-electron chi connectivity index (χ0n) is 15.1.